The summed E-state index contributed by atoms with van der Waals surface area (Å²) in [6.07, 6.45) is 5.17. The molecule has 1 heterocycles. The summed E-state index contributed by atoms with van der Waals surface area (Å²) in [7, 11) is 0. The van der Waals surface area contributed by atoms with E-state index in [4.69, 9.17) is 5.73 Å². The number of nitrogens with zero attached hydrogens (tertiary/aromatic N) is 1. The van der Waals surface area contributed by atoms with Crippen molar-refractivity contribution in [2.24, 2.45) is 5.73 Å². The fourth-order valence-corrected chi connectivity index (χ4v) is 2.60. The predicted molar refractivity (Wildman–Crippen MR) is 74.4 cm³/mol. The lowest BCUT2D eigenvalue weighted by Crippen LogP contribution is -2.55. The van der Waals surface area contributed by atoms with E-state index in [1.807, 2.05) is 20.8 Å². The molecule has 1 unspecified atom stereocenters. The van der Waals surface area contributed by atoms with E-state index in [2.05, 4.69) is 15.3 Å². The number of nitrogens with two attached hydrogens (primary N) is 1. The number of carbonyl (C=O) groups is 1. The van der Waals surface area contributed by atoms with Crippen molar-refractivity contribution >= 4 is 17.7 Å². The standard InChI is InChI=1S/C12H22N4OS/c1-9(2)16-12(3,10(13)17)5-4-8-18-11-14-6-7-15-11/h6-7,9,16H,4-5,8H2,1-3H3,(H2,13,17)(H,14,15). The lowest BCUT2D eigenvalue weighted by atomic mass is 9.94. The van der Waals surface area contributed by atoms with Gasteiger partial charge in [-0.25, -0.2) is 4.98 Å². The number of amides is 1. The first-order valence-corrected chi connectivity index (χ1v) is 7.12. The van der Waals surface area contributed by atoms with Crippen LogP contribution >= 0.6 is 11.8 Å². The number of hydrogen-bond acceptors (Lipinski definition) is 4. The Bertz CT molecular complexity index is 366. The number of aromatic amines is 1. The number of primary amides is 1. The molecular weight excluding hydrogens is 248 g/mol. The molecule has 1 aromatic heterocycles. The van der Waals surface area contributed by atoms with E-state index >= 15 is 0 Å². The Labute approximate surface area is 112 Å². The number of carbonyl (C=O) groups excluding carboxylic acids is 1. The first-order chi connectivity index (χ1) is 8.44. The predicted octanol–water partition coefficient (Wildman–Crippen LogP) is 1.52. The van der Waals surface area contributed by atoms with Crippen LogP contribution in [0.4, 0.5) is 0 Å². The summed E-state index contributed by atoms with van der Waals surface area (Å²) < 4.78 is 0. The number of H-pyrrole nitrogens is 1. The van der Waals surface area contributed by atoms with Crippen LogP contribution in [0, 0.1) is 0 Å². The number of nitrogens with one attached hydrogen (secondary N) is 2. The van der Waals surface area contributed by atoms with Gasteiger partial charge in [-0.3, -0.25) is 4.79 Å². The van der Waals surface area contributed by atoms with Gasteiger partial charge in [0.05, 0.1) is 5.54 Å². The van der Waals surface area contributed by atoms with Gasteiger partial charge in [0.25, 0.3) is 0 Å². The van der Waals surface area contributed by atoms with Gasteiger partial charge in [0.1, 0.15) is 0 Å². The maximum absolute atomic E-state index is 11.5. The van der Waals surface area contributed by atoms with E-state index in [1.165, 1.54) is 0 Å². The Kier molecular flexibility index (Phi) is 5.68. The molecular formula is C12H22N4OS. The first kappa shape index (κ1) is 15.0. The molecule has 0 fully saturated rings. The van der Waals surface area contributed by atoms with Crippen molar-refractivity contribution in [2.75, 3.05) is 5.75 Å². The van der Waals surface area contributed by atoms with Crippen LogP contribution in [0.15, 0.2) is 17.6 Å². The quantitative estimate of drug-likeness (QED) is 0.494. The molecule has 102 valence electrons. The van der Waals surface area contributed by atoms with Crippen LogP contribution in [0.25, 0.3) is 0 Å². The fourth-order valence-electron chi connectivity index (χ4n) is 1.83. The molecule has 0 aliphatic rings. The monoisotopic (exact) mass is 270 g/mol. The summed E-state index contributed by atoms with van der Waals surface area (Å²) in [6, 6.07) is 0.236. The fraction of sp³-hybridized carbons (Fsp3) is 0.667. The second-order valence-corrected chi connectivity index (χ2v) is 5.93. The molecule has 0 aliphatic heterocycles. The van der Waals surface area contributed by atoms with Crippen LogP contribution in [0.1, 0.15) is 33.6 Å². The highest BCUT2D eigenvalue weighted by Gasteiger charge is 2.30. The van der Waals surface area contributed by atoms with Crippen molar-refractivity contribution in [3.8, 4) is 0 Å². The van der Waals surface area contributed by atoms with E-state index in [-0.39, 0.29) is 11.9 Å². The molecule has 1 rings (SSSR count). The summed E-state index contributed by atoms with van der Waals surface area (Å²) in [5.74, 6) is 0.620. The third kappa shape index (κ3) is 4.70. The van der Waals surface area contributed by atoms with Gasteiger partial charge >= 0.3 is 0 Å². The molecule has 5 nitrogen and oxygen atoms in total. The molecule has 0 spiro atoms. The van der Waals surface area contributed by atoms with E-state index in [0.29, 0.717) is 0 Å². The van der Waals surface area contributed by atoms with Gasteiger partial charge in [0.2, 0.25) is 5.91 Å². The van der Waals surface area contributed by atoms with E-state index in [9.17, 15) is 4.79 Å². The highest BCUT2D eigenvalue weighted by molar-refractivity contribution is 7.99. The Morgan fingerprint density at radius 1 is 1.67 bits per heavy atom. The molecule has 0 aliphatic carbocycles. The summed E-state index contributed by atoms with van der Waals surface area (Å²) >= 11 is 1.65. The van der Waals surface area contributed by atoms with Gasteiger partial charge < -0.3 is 16.0 Å². The lowest BCUT2D eigenvalue weighted by Gasteiger charge is -2.29. The largest absolute Gasteiger partial charge is 0.368 e. The van der Waals surface area contributed by atoms with E-state index < -0.39 is 5.54 Å². The molecule has 0 radical (unpaired) electrons. The van der Waals surface area contributed by atoms with E-state index in [1.54, 1.807) is 24.2 Å². The number of thioether (sulfide) groups is 1. The summed E-state index contributed by atoms with van der Waals surface area (Å²) in [5.41, 5.74) is 4.84. The van der Waals surface area contributed by atoms with Gasteiger partial charge in [0.15, 0.2) is 5.16 Å². The number of imidazole rings is 1. The minimum atomic E-state index is -0.627. The number of hydrogen-bond donors (Lipinski definition) is 3. The summed E-state index contributed by atoms with van der Waals surface area (Å²) in [6.45, 7) is 5.89. The SMILES string of the molecule is CC(C)NC(C)(CCCSc1ncc[nH]1)C(N)=O. The van der Waals surface area contributed by atoms with Crippen LogP contribution in [0.3, 0.4) is 0 Å². The van der Waals surface area contributed by atoms with Crippen LogP contribution < -0.4 is 11.1 Å². The van der Waals surface area contributed by atoms with Crippen LogP contribution in [0.2, 0.25) is 0 Å². The number of rotatable bonds is 8. The normalized spacial score (nSPS) is 14.7. The molecule has 0 bridgehead atoms. The maximum Gasteiger partial charge on any atom is 0.237 e. The molecule has 6 heteroatoms. The molecule has 0 saturated carbocycles. The van der Waals surface area contributed by atoms with Crippen molar-refractivity contribution in [1.82, 2.24) is 15.3 Å². The van der Waals surface area contributed by atoms with Crippen LogP contribution in [-0.2, 0) is 4.79 Å². The van der Waals surface area contributed by atoms with Gasteiger partial charge in [-0.2, -0.15) is 0 Å². The van der Waals surface area contributed by atoms with E-state index in [0.717, 1.165) is 23.8 Å². The van der Waals surface area contributed by atoms with Crippen LogP contribution in [0.5, 0.6) is 0 Å². The summed E-state index contributed by atoms with van der Waals surface area (Å²) in [5, 5.41) is 4.15. The second-order valence-electron chi connectivity index (χ2n) is 4.84. The van der Waals surface area contributed by atoms with Crippen molar-refractivity contribution < 1.29 is 4.79 Å². The van der Waals surface area contributed by atoms with Crippen molar-refractivity contribution in [3.63, 3.8) is 0 Å². The first-order valence-electron chi connectivity index (χ1n) is 6.14. The average molecular weight is 270 g/mol. The highest BCUT2D eigenvalue weighted by atomic mass is 32.2. The second kappa shape index (κ2) is 6.80. The van der Waals surface area contributed by atoms with Crippen molar-refractivity contribution in [1.29, 1.82) is 0 Å². The van der Waals surface area contributed by atoms with Gasteiger partial charge in [0, 0.05) is 24.2 Å². The van der Waals surface area contributed by atoms with Crippen molar-refractivity contribution in [2.45, 2.75) is 50.4 Å². The molecule has 4 N–H and O–H groups in total. The Morgan fingerprint density at radius 2 is 2.39 bits per heavy atom. The zero-order valence-corrected chi connectivity index (χ0v) is 12.0. The third-order valence-corrected chi connectivity index (χ3v) is 3.67. The van der Waals surface area contributed by atoms with Crippen LogP contribution in [-0.4, -0.2) is 33.2 Å². The van der Waals surface area contributed by atoms with Gasteiger partial charge in [-0.1, -0.05) is 11.8 Å². The minimum Gasteiger partial charge on any atom is -0.368 e. The highest BCUT2D eigenvalue weighted by Crippen LogP contribution is 2.18. The van der Waals surface area contributed by atoms with Gasteiger partial charge in [-0.15, -0.1) is 0 Å². The topological polar surface area (TPSA) is 83.8 Å². The Balaban J connectivity index is 2.36. The molecule has 1 amide bonds. The lowest BCUT2D eigenvalue weighted by molar-refractivity contribution is -0.124. The molecule has 1 atom stereocenters. The average Bonchev–Trinajstić information content (AvgIpc) is 2.76. The number of aromatic nitrogens is 2. The third-order valence-electron chi connectivity index (χ3n) is 2.68. The van der Waals surface area contributed by atoms with Gasteiger partial charge in [-0.05, 0) is 33.6 Å². The zero-order chi connectivity index (χ0) is 13.6. The Hall–Kier alpha value is -1.01. The molecule has 1 aromatic rings. The Morgan fingerprint density at radius 3 is 2.89 bits per heavy atom. The molecule has 0 aromatic carbocycles. The van der Waals surface area contributed by atoms with Crippen molar-refractivity contribution in [3.05, 3.63) is 12.4 Å². The molecule has 18 heavy (non-hydrogen) atoms. The summed E-state index contributed by atoms with van der Waals surface area (Å²) in [4.78, 5) is 18.7. The molecule has 0 saturated heterocycles. The smallest absolute Gasteiger partial charge is 0.237 e. The maximum atomic E-state index is 11.5. The minimum absolute atomic E-state index is 0.236. The zero-order valence-electron chi connectivity index (χ0n) is 11.2.